The summed E-state index contributed by atoms with van der Waals surface area (Å²) in [7, 11) is 0. The van der Waals surface area contributed by atoms with Crippen LogP contribution >= 0.6 is 11.8 Å². The summed E-state index contributed by atoms with van der Waals surface area (Å²) in [6.07, 6.45) is 6.17. The molecule has 2 rings (SSSR count). The van der Waals surface area contributed by atoms with Gasteiger partial charge in [-0.05, 0) is 25.0 Å². The molecule has 0 aromatic rings. The van der Waals surface area contributed by atoms with Crippen LogP contribution in [0.15, 0.2) is 0 Å². The van der Waals surface area contributed by atoms with Crippen molar-refractivity contribution in [2.75, 3.05) is 31.1 Å². The Kier molecular flexibility index (Phi) is 4.97. The van der Waals surface area contributed by atoms with Crippen LogP contribution in [-0.2, 0) is 4.79 Å². The van der Waals surface area contributed by atoms with Gasteiger partial charge < -0.3 is 10.2 Å². The van der Waals surface area contributed by atoms with Gasteiger partial charge in [0, 0.05) is 24.9 Å². The van der Waals surface area contributed by atoms with E-state index in [1.807, 2.05) is 16.7 Å². The van der Waals surface area contributed by atoms with Crippen molar-refractivity contribution < 1.29 is 4.79 Å². The van der Waals surface area contributed by atoms with Crippen molar-refractivity contribution in [1.82, 2.24) is 10.2 Å². The number of hydrogen-bond acceptors (Lipinski definition) is 3. The fraction of sp³-hybridized carbons (Fsp3) is 0.917. The van der Waals surface area contributed by atoms with Gasteiger partial charge in [0.1, 0.15) is 0 Å². The molecule has 0 aromatic heterocycles. The third-order valence-corrected chi connectivity index (χ3v) is 4.59. The van der Waals surface area contributed by atoms with Crippen LogP contribution in [0.1, 0.15) is 32.1 Å². The lowest BCUT2D eigenvalue weighted by Gasteiger charge is -2.21. The summed E-state index contributed by atoms with van der Waals surface area (Å²) in [6.45, 7) is 2.49. The lowest BCUT2D eigenvalue weighted by atomic mass is 10.2. The van der Waals surface area contributed by atoms with Gasteiger partial charge in [-0.1, -0.05) is 12.8 Å². The van der Waals surface area contributed by atoms with Gasteiger partial charge in [0.2, 0.25) is 5.91 Å². The fourth-order valence-corrected chi connectivity index (χ4v) is 3.55. The average Bonchev–Trinajstić information content (AvgIpc) is 2.66. The smallest absolute Gasteiger partial charge is 0.236 e. The Morgan fingerprint density at radius 1 is 1.25 bits per heavy atom. The highest BCUT2D eigenvalue weighted by Crippen LogP contribution is 2.17. The minimum absolute atomic E-state index is 0.304. The van der Waals surface area contributed by atoms with Gasteiger partial charge in [-0.3, -0.25) is 4.79 Å². The number of carbonyl (C=O) groups excluding carboxylic acids is 1. The third-order valence-electron chi connectivity index (χ3n) is 3.43. The third kappa shape index (κ3) is 3.67. The van der Waals surface area contributed by atoms with Gasteiger partial charge in [-0.25, -0.2) is 0 Å². The van der Waals surface area contributed by atoms with E-state index in [1.54, 1.807) is 0 Å². The van der Waals surface area contributed by atoms with Crippen LogP contribution < -0.4 is 5.32 Å². The molecule has 2 aliphatic heterocycles. The molecule has 2 heterocycles. The molecule has 1 amide bonds. The molecule has 0 aliphatic carbocycles. The summed E-state index contributed by atoms with van der Waals surface area (Å²) in [5, 5.41) is 3.39. The van der Waals surface area contributed by atoms with Crippen molar-refractivity contribution in [3.8, 4) is 0 Å². The van der Waals surface area contributed by atoms with Crippen molar-refractivity contribution in [2.45, 2.75) is 38.1 Å². The summed E-state index contributed by atoms with van der Waals surface area (Å²) in [4.78, 5) is 14.0. The predicted octanol–water partition coefficient (Wildman–Crippen LogP) is 1.48. The van der Waals surface area contributed by atoms with Crippen LogP contribution in [-0.4, -0.2) is 48.0 Å². The highest BCUT2D eigenvalue weighted by molar-refractivity contribution is 7.99. The molecule has 0 spiro atoms. The van der Waals surface area contributed by atoms with Crippen molar-refractivity contribution in [2.24, 2.45) is 0 Å². The molecular weight excluding hydrogens is 220 g/mol. The molecule has 0 radical (unpaired) electrons. The highest BCUT2D eigenvalue weighted by atomic mass is 32.2. The second-order valence-electron chi connectivity index (χ2n) is 4.74. The summed E-state index contributed by atoms with van der Waals surface area (Å²) in [6, 6.07) is 0.570. The van der Waals surface area contributed by atoms with Gasteiger partial charge in [0.25, 0.3) is 0 Å². The monoisotopic (exact) mass is 242 g/mol. The lowest BCUT2D eigenvalue weighted by molar-refractivity contribution is -0.130. The average molecular weight is 242 g/mol. The van der Waals surface area contributed by atoms with Gasteiger partial charge in [-0.2, -0.15) is 11.8 Å². The van der Waals surface area contributed by atoms with Crippen molar-refractivity contribution in [3.63, 3.8) is 0 Å². The van der Waals surface area contributed by atoms with Crippen LogP contribution in [0.25, 0.3) is 0 Å². The Hall–Kier alpha value is -0.220. The molecule has 2 aliphatic rings. The number of thioether (sulfide) groups is 1. The van der Waals surface area contributed by atoms with E-state index in [0.717, 1.165) is 13.1 Å². The first-order chi connectivity index (χ1) is 7.86. The molecule has 3 nitrogen and oxygen atoms in total. The molecule has 4 heteroatoms. The number of rotatable bonds is 3. The summed E-state index contributed by atoms with van der Waals surface area (Å²) >= 11 is 1.99. The molecule has 2 saturated heterocycles. The van der Waals surface area contributed by atoms with Crippen LogP contribution in [0.2, 0.25) is 0 Å². The van der Waals surface area contributed by atoms with E-state index >= 15 is 0 Å². The Bertz CT molecular complexity index is 221. The van der Waals surface area contributed by atoms with Crippen molar-refractivity contribution >= 4 is 17.7 Å². The van der Waals surface area contributed by atoms with E-state index in [2.05, 4.69) is 5.32 Å². The van der Waals surface area contributed by atoms with E-state index in [1.165, 1.54) is 43.6 Å². The zero-order valence-corrected chi connectivity index (χ0v) is 10.7. The summed E-state index contributed by atoms with van der Waals surface area (Å²) in [5.74, 6) is 2.72. The topological polar surface area (TPSA) is 32.3 Å². The molecule has 0 aromatic carbocycles. The second kappa shape index (κ2) is 6.50. The molecule has 1 unspecified atom stereocenters. The van der Waals surface area contributed by atoms with Gasteiger partial charge >= 0.3 is 0 Å². The van der Waals surface area contributed by atoms with Gasteiger partial charge in [0.05, 0.1) is 6.54 Å². The van der Waals surface area contributed by atoms with E-state index in [9.17, 15) is 4.79 Å². The minimum Gasteiger partial charge on any atom is -0.342 e. The SMILES string of the molecule is O=C(CNC1CCSC1)N1CCCCCC1. The number of hydrogen-bond donors (Lipinski definition) is 1. The lowest BCUT2D eigenvalue weighted by Crippen LogP contribution is -2.42. The molecule has 1 N–H and O–H groups in total. The fourth-order valence-electron chi connectivity index (χ4n) is 2.36. The van der Waals surface area contributed by atoms with E-state index in [4.69, 9.17) is 0 Å². The van der Waals surface area contributed by atoms with E-state index in [-0.39, 0.29) is 0 Å². The quantitative estimate of drug-likeness (QED) is 0.814. The van der Waals surface area contributed by atoms with Crippen LogP contribution in [0.4, 0.5) is 0 Å². The normalized spacial score (nSPS) is 26.8. The van der Waals surface area contributed by atoms with Crippen LogP contribution in [0.3, 0.4) is 0 Å². The maximum absolute atomic E-state index is 12.0. The zero-order chi connectivity index (χ0) is 11.2. The van der Waals surface area contributed by atoms with E-state index < -0.39 is 0 Å². The summed E-state index contributed by atoms with van der Waals surface area (Å²) < 4.78 is 0. The molecular formula is C12H22N2OS. The number of nitrogens with zero attached hydrogens (tertiary/aromatic N) is 1. The molecule has 16 heavy (non-hydrogen) atoms. The maximum Gasteiger partial charge on any atom is 0.236 e. The Balaban J connectivity index is 1.69. The first-order valence-corrected chi connectivity index (χ1v) is 7.60. The number of amides is 1. The molecule has 92 valence electrons. The van der Waals surface area contributed by atoms with Crippen molar-refractivity contribution in [1.29, 1.82) is 0 Å². The zero-order valence-electron chi connectivity index (χ0n) is 9.91. The Morgan fingerprint density at radius 3 is 2.62 bits per heavy atom. The Labute approximate surface area is 102 Å². The molecule has 0 bridgehead atoms. The summed E-state index contributed by atoms with van der Waals surface area (Å²) in [5.41, 5.74) is 0. The first kappa shape index (κ1) is 12.2. The Morgan fingerprint density at radius 2 is 2.00 bits per heavy atom. The predicted molar refractivity (Wildman–Crippen MR) is 68.8 cm³/mol. The maximum atomic E-state index is 12.0. The molecule has 1 atom stereocenters. The highest BCUT2D eigenvalue weighted by Gasteiger charge is 2.19. The first-order valence-electron chi connectivity index (χ1n) is 6.45. The van der Waals surface area contributed by atoms with Gasteiger partial charge in [0.15, 0.2) is 0 Å². The minimum atomic E-state index is 0.304. The number of nitrogens with one attached hydrogen (secondary N) is 1. The van der Waals surface area contributed by atoms with Crippen LogP contribution in [0, 0.1) is 0 Å². The van der Waals surface area contributed by atoms with Gasteiger partial charge in [-0.15, -0.1) is 0 Å². The standard InChI is InChI=1S/C12H22N2OS/c15-12(9-13-11-5-8-16-10-11)14-6-3-1-2-4-7-14/h11,13H,1-10H2. The number of carbonyl (C=O) groups is 1. The second-order valence-corrected chi connectivity index (χ2v) is 5.89. The van der Waals surface area contributed by atoms with Crippen LogP contribution in [0.5, 0.6) is 0 Å². The number of likely N-dealkylation sites (tertiary alicyclic amines) is 1. The molecule has 0 saturated carbocycles. The molecule has 2 fully saturated rings. The largest absolute Gasteiger partial charge is 0.342 e. The van der Waals surface area contributed by atoms with Crippen molar-refractivity contribution in [3.05, 3.63) is 0 Å². The van der Waals surface area contributed by atoms with E-state index in [0.29, 0.717) is 18.5 Å².